The average molecular weight is 429 g/mol. The number of carbonyl (C=O) groups is 1. The Morgan fingerprint density at radius 3 is 2.75 bits per heavy atom. The van der Waals surface area contributed by atoms with E-state index in [0.29, 0.717) is 34.0 Å². The molecule has 3 rings (SSSR count). The molecule has 0 radical (unpaired) electrons. The van der Waals surface area contributed by atoms with Gasteiger partial charge in [0.25, 0.3) is 0 Å². The number of hydrogen-bond donors (Lipinski definition) is 4. The van der Waals surface area contributed by atoms with E-state index >= 15 is 0 Å². The van der Waals surface area contributed by atoms with Gasteiger partial charge in [-0.2, -0.15) is 10.4 Å². The molecule has 0 fully saturated rings. The van der Waals surface area contributed by atoms with Gasteiger partial charge in [-0.1, -0.05) is 18.2 Å². The van der Waals surface area contributed by atoms with Crippen molar-refractivity contribution in [3.05, 3.63) is 65.5 Å². The average Bonchev–Trinajstić information content (AvgIpc) is 2.80. The van der Waals surface area contributed by atoms with E-state index in [1.54, 1.807) is 48.5 Å². The van der Waals surface area contributed by atoms with Gasteiger partial charge >= 0.3 is 5.97 Å². The van der Waals surface area contributed by atoms with Crippen molar-refractivity contribution in [1.82, 2.24) is 15.0 Å². The number of hydrogen-bond acceptors (Lipinski definition) is 10. The van der Waals surface area contributed by atoms with Gasteiger partial charge in [-0.15, -0.1) is 0 Å². The molecule has 6 N–H and O–H groups in total. The first kappa shape index (κ1) is 21.8. The summed E-state index contributed by atoms with van der Waals surface area (Å²) >= 11 is 0. The molecule has 2 heterocycles. The summed E-state index contributed by atoms with van der Waals surface area (Å²) in [7, 11) is 0. The van der Waals surface area contributed by atoms with E-state index in [2.05, 4.69) is 36.4 Å². The molecule has 0 unspecified atom stereocenters. The summed E-state index contributed by atoms with van der Waals surface area (Å²) in [4.78, 5) is 27.7. The van der Waals surface area contributed by atoms with E-state index in [9.17, 15) is 4.79 Å². The van der Waals surface area contributed by atoms with Gasteiger partial charge in [-0.25, -0.2) is 15.0 Å². The highest BCUT2D eigenvalue weighted by atomic mass is 16.4. The lowest BCUT2D eigenvalue weighted by molar-refractivity contribution is -0.134. The third kappa shape index (κ3) is 5.83. The molecule has 0 amide bonds. The van der Waals surface area contributed by atoms with E-state index < -0.39 is 5.97 Å². The number of nitriles is 1. The zero-order chi connectivity index (χ0) is 22.9. The minimum atomic E-state index is -0.984. The maximum atomic E-state index is 10.7. The number of nitrogens with two attached hydrogens (primary N) is 2. The fourth-order valence-corrected chi connectivity index (χ4v) is 2.72. The second-order valence-electron chi connectivity index (χ2n) is 6.43. The van der Waals surface area contributed by atoms with E-state index in [1.165, 1.54) is 6.21 Å². The monoisotopic (exact) mass is 429 g/mol. The van der Waals surface area contributed by atoms with Crippen LogP contribution in [0.3, 0.4) is 0 Å². The quantitative estimate of drug-likeness (QED) is 0.233. The molecule has 3 aromatic rings. The van der Waals surface area contributed by atoms with Crippen LogP contribution in [0.15, 0.2) is 58.6 Å². The minimum absolute atomic E-state index is 0.0216. The molecule has 0 spiro atoms. The Bertz CT molecular complexity index is 1230. The SMILES string of the molecule is N#Cc1cccc(-c2cc(C(C=NCc3cccc(NCC(=O)O)n3)=NN)nc(N)n2)c1. The third-order valence-corrected chi connectivity index (χ3v) is 4.13. The van der Waals surface area contributed by atoms with Crippen molar-refractivity contribution in [3.63, 3.8) is 0 Å². The molecule has 2 aromatic heterocycles. The van der Waals surface area contributed by atoms with Crippen molar-refractivity contribution in [3.8, 4) is 17.3 Å². The molecule has 0 aliphatic carbocycles. The smallest absolute Gasteiger partial charge is 0.322 e. The molecule has 0 saturated heterocycles. The highest BCUT2D eigenvalue weighted by Crippen LogP contribution is 2.20. The Kier molecular flexibility index (Phi) is 7.01. The predicted octanol–water partition coefficient (Wildman–Crippen LogP) is 1.42. The van der Waals surface area contributed by atoms with E-state index in [1.807, 2.05) is 0 Å². The molecule has 0 aliphatic heterocycles. The topological polar surface area (TPSA) is 189 Å². The Hall–Kier alpha value is -4.85. The fraction of sp³-hybridized carbons (Fsp3) is 0.0952. The second-order valence-corrected chi connectivity index (χ2v) is 6.43. The number of benzene rings is 1. The Morgan fingerprint density at radius 1 is 1.19 bits per heavy atom. The van der Waals surface area contributed by atoms with Crippen LogP contribution in [0.5, 0.6) is 0 Å². The first-order valence-corrected chi connectivity index (χ1v) is 9.33. The van der Waals surface area contributed by atoms with Crippen LogP contribution < -0.4 is 16.9 Å². The lowest BCUT2D eigenvalue weighted by Gasteiger charge is -2.06. The summed E-state index contributed by atoms with van der Waals surface area (Å²) in [6, 6.07) is 15.8. The molecule has 1 aromatic carbocycles. The number of aliphatic imine (C=N–C) groups is 1. The number of nitrogen functional groups attached to an aromatic ring is 1. The Labute approximate surface area is 183 Å². The number of carboxylic acids is 1. The number of nitrogens with zero attached hydrogens (tertiary/aromatic N) is 6. The Morgan fingerprint density at radius 2 is 2.00 bits per heavy atom. The summed E-state index contributed by atoms with van der Waals surface area (Å²) in [6.45, 7) is -0.0301. The molecule has 0 atom stereocenters. The molecular formula is C21H19N9O2. The maximum Gasteiger partial charge on any atom is 0.322 e. The zero-order valence-corrected chi connectivity index (χ0v) is 16.8. The zero-order valence-electron chi connectivity index (χ0n) is 16.8. The van der Waals surface area contributed by atoms with Crippen molar-refractivity contribution in [2.24, 2.45) is 15.9 Å². The number of carboxylic acid groups (broad SMARTS) is 1. The molecule has 11 nitrogen and oxygen atoms in total. The lowest BCUT2D eigenvalue weighted by atomic mass is 10.1. The molecule has 11 heteroatoms. The maximum absolute atomic E-state index is 10.7. The summed E-state index contributed by atoms with van der Waals surface area (Å²) in [6.07, 6.45) is 1.44. The standard InChI is InChI=1S/C21H19N9O2/c22-9-13-3-1-4-14(7-13)16-8-17(29-21(23)28-16)18(30-24)11-25-10-15-5-2-6-19(27-15)26-12-20(31)32/h1-8,11H,10,12,24H2,(H,26,27)(H,31,32)(H2,23,28,29). The summed E-state index contributed by atoms with van der Waals surface area (Å²) in [5.74, 6) is 5.00. The van der Waals surface area contributed by atoms with Crippen molar-refractivity contribution in [1.29, 1.82) is 5.26 Å². The number of aromatic nitrogens is 3. The van der Waals surface area contributed by atoms with Gasteiger partial charge < -0.3 is 22.0 Å². The molecule has 0 aliphatic rings. The first-order valence-electron chi connectivity index (χ1n) is 9.33. The van der Waals surface area contributed by atoms with Gasteiger partial charge in [0.2, 0.25) is 5.95 Å². The van der Waals surface area contributed by atoms with Gasteiger partial charge in [-0.3, -0.25) is 9.79 Å². The van der Waals surface area contributed by atoms with Crippen molar-refractivity contribution in [2.45, 2.75) is 6.54 Å². The van der Waals surface area contributed by atoms with Gasteiger partial charge in [0, 0.05) is 5.56 Å². The van der Waals surface area contributed by atoms with Crippen LogP contribution >= 0.6 is 0 Å². The number of aliphatic carboxylic acids is 1. The van der Waals surface area contributed by atoms with E-state index in [0.717, 1.165) is 0 Å². The van der Waals surface area contributed by atoms with Crippen molar-refractivity contribution >= 4 is 29.7 Å². The highest BCUT2D eigenvalue weighted by molar-refractivity contribution is 6.37. The van der Waals surface area contributed by atoms with Crippen molar-refractivity contribution in [2.75, 3.05) is 17.6 Å². The lowest BCUT2D eigenvalue weighted by Crippen LogP contribution is -2.13. The van der Waals surface area contributed by atoms with Crippen LogP contribution in [-0.2, 0) is 11.3 Å². The molecule has 0 bridgehead atoms. The predicted molar refractivity (Wildman–Crippen MR) is 120 cm³/mol. The van der Waals surface area contributed by atoms with E-state index in [-0.39, 0.29) is 24.7 Å². The Balaban J connectivity index is 1.78. The summed E-state index contributed by atoms with van der Waals surface area (Å²) < 4.78 is 0. The molecule has 160 valence electrons. The van der Waals surface area contributed by atoms with Crippen LogP contribution in [0.25, 0.3) is 11.3 Å². The molecular weight excluding hydrogens is 410 g/mol. The van der Waals surface area contributed by atoms with Crippen LogP contribution in [0.1, 0.15) is 17.0 Å². The van der Waals surface area contributed by atoms with Gasteiger partial charge in [0.05, 0.1) is 41.5 Å². The number of hydrazone groups is 1. The third-order valence-electron chi connectivity index (χ3n) is 4.13. The molecule has 0 saturated carbocycles. The van der Waals surface area contributed by atoms with Crippen LogP contribution in [-0.4, -0.2) is 44.5 Å². The minimum Gasteiger partial charge on any atom is -0.480 e. The fourth-order valence-electron chi connectivity index (χ4n) is 2.72. The first-order chi connectivity index (χ1) is 15.5. The number of rotatable bonds is 8. The van der Waals surface area contributed by atoms with Gasteiger partial charge in [-0.05, 0) is 30.3 Å². The largest absolute Gasteiger partial charge is 0.480 e. The van der Waals surface area contributed by atoms with E-state index in [4.69, 9.17) is 21.9 Å². The van der Waals surface area contributed by atoms with Crippen LogP contribution in [0.4, 0.5) is 11.8 Å². The second kappa shape index (κ2) is 10.3. The van der Waals surface area contributed by atoms with Crippen LogP contribution in [0.2, 0.25) is 0 Å². The number of pyridine rings is 1. The molecule has 32 heavy (non-hydrogen) atoms. The van der Waals surface area contributed by atoms with Crippen molar-refractivity contribution < 1.29 is 9.90 Å². The van der Waals surface area contributed by atoms with Gasteiger partial charge in [0.15, 0.2) is 0 Å². The normalized spacial score (nSPS) is 11.3. The summed E-state index contributed by atoms with van der Waals surface area (Å²) in [5, 5.41) is 24.3. The van der Waals surface area contributed by atoms with Gasteiger partial charge in [0.1, 0.15) is 18.1 Å². The summed E-state index contributed by atoms with van der Waals surface area (Å²) in [5.41, 5.74) is 8.81. The van der Waals surface area contributed by atoms with Crippen LogP contribution in [0, 0.1) is 11.3 Å². The highest BCUT2D eigenvalue weighted by Gasteiger charge is 2.10. The number of nitrogens with one attached hydrogen (secondary N) is 1. The number of anilines is 2.